The maximum absolute atomic E-state index is 2.42. The van der Waals surface area contributed by atoms with Gasteiger partial charge in [0, 0.05) is 38.9 Å². The summed E-state index contributed by atoms with van der Waals surface area (Å²) in [6.45, 7) is 0. The van der Waals surface area contributed by atoms with E-state index in [2.05, 4.69) is 204 Å². The molecular weight excluding hydrogens is 581 g/mol. The third-order valence-electron chi connectivity index (χ3n) is 9.39. The predicted molar refractivity (Wildman–Crippen MR) is 204 cm³/mol. The van der Waals surface area contributed by atoms with E-state index in [0.29, 0.717) is 0 Å². The number of hydrogen-bond donors (Lipinski definition) is 0. The van der Waals surface area contributed by atoms with Crippen LogP contribution in [0.15, 0.2) is 194 Å². The molecule has 0 aliphatic heterocycles. The third-order valence-corrected chi connectivity index (χ3v) is 9.39. The Kier molecular flexibility index (Phi) is 6.84. The summed E-state index contributed by atoms with van der Waals surface area (Å²) < 4.78 is 2.42. The molecule has 0 saturated carbocycles. The SMILES string of the molecule is c1ccc(-c2ccc(N(c3ccccc3)c3ccc(-c4ccc(-n5c6ccccc6c6ccc7ccccc7c65)cc4)cc3)cc2)cc1. The van der Waals surface area contributed by atoms with Gasteiger partial charge in [0.25, 0.3) is 0 Å². The molecule has 48 heavy (non-hydrogen) atoms. The summed E-state index contributed by atoms with van der Waals surface area (Å²) in [6, 6.07) is 69.7. The first-order valence-electron chi connectivity index (χ1n) is 16.4. The Balaban J connectivity index is 1.07. The zero-order chi connectivity index (χ0) is 31.9. The Morgan fingerprint density at radius 1 is 0.312 bits per heavy atom. The van der Waals surface area contributed by atoms with Crippen LogP contribution in [-0.2, 0) is 0 Å². The molecule has 0 atom stereocenters. The van der Waals surface area contributed by atoms with E-state index in [0.717, 1.165) is 22.7 Å². The van der Waals surface area contributed by atoms with Crippen molar-refractivity contribution >= 4 is 49.6 Å². The average molecular weight is 613 g/mol. The summed E-state index contributed by atoms with van der Waals surface area (Å²) in [7, 11) is 0. The van der Waals surface area contributed by atoms with Crippen molar-refractivity contribution in [2.45, 2.75) is 0 Å². The van der Waals surface area contributed by atoms with Gasteiger partial charge in [-0.1, -0.05) is 140 Å². The van der Waals surface area contributed by atoms with Crippen LogP contribution >= 0.6 is 0 Å². The van der Waals surface area contributed by atoms with Gasteiger partial charge in [-0.3, -0.25) is 0 Å². The van der Waals surface area contributed by atoms with E-state index in [1.54, 1.807) is 0 Å². The van der Waals surface area contributed by atoms with Crippen molar-refractivity contribution < 1.29 is 0 Å². The molecule has 0 radical (unpaired) electrons. The molecule has 0 aliphatic rings. The van der Waals surface area contributed by atoms with Crippen molar-refractivity contribution in [1.29, 1.82) is 0 Å². The molecule has 0 saturated heterocycles. The van der Waals surface area contributed by atoms with Gasteiger partial charge in [0.15, 0.2) is 0 Å². The number of benzene rings is 8. The van der Waals surface area contributed by atoms with E-state index in [1.165, 1.54) is 54.8 Å². The first-order chi connectivity index (χ1) is 23.8. The van der Waals surface area contributed by atoms with Gasteiger partial charge >= 0.3 is 0 Å². The molecule has 9 aromatic rings. The van der Waals surface area contributed by atoms with Gasteiger partial charge in [0.05, 0.1) is 11.0 Å². The summed E-state index contributed by atoms with van der Waals surface area (Å²) in [6.07, 6.45) is 0. The summed E-state index contributed by atoms with van der Waals surface area (Å²) in [4.78, 5) is 2.31. The second-order valence-corrected chi connectivity index (χ2v) is 12.2. The van der Waals surface area contributed by atoms with E-state index >= 15 is 0 Å². The number of rotatable bonds is 6. The molecule has 0 spiro atoms. The van der Waals surface area contributed by atoms with Crippen molar-refractivity contribution in [2.75, 3.05) is 4.90 Å². The smallest absolute Gasteiger partial charge is 0.0619 e. The molecule has 0 aliphatic carbocycles. The summed E-state index contributed by atoms with van der Waals surface area (Å²) in [5.41, 5.74) is 11.8. The molecule has 2 nitrogen and oxygen atoms in total. The summed E-state index contributed by atoms with van der Waals surface area (Å²) in [5.74, 6) is 0. The second-order valence-electron chi connectivity index (χ2n) is 12.2. The minimum absolute atomic E-state index is 1.12. The molecular formula is C46H32N2. The first kappa shape index (κ1) is 27.9. The minimum atomic E-state index is 1.12. The Morgan fingerprint density at radius 3 is 1.44 bits per heavy atom. The maximum atomic E-state index is 2.42. The van der Waals surface area contributed by atoms with Crippen LogP contribution < -0.4 is 4.90 Å². The Hall–Kier alpha value is -6.38. The van der Waals surface area contributed by atoms with E-state index in [9.17, 15) is 0 Å². The van der Waals surface area contributed by atoms with Gasteiger partial charge < -0.3 is 9.47 Å². The highest BCUT2D eigenvalue weighted by Gasteiger charge is 2.16. The molecule has 2 heteroatoms. The number of para-hydroxylation sites is 2. The molecule has 8 aromatic carbocycles. The fourth-order valence-corrected chi connectivity index (χ4v) is 7.06. The van der Waals surface area contributed by atoms with Crippen LogP contribution in [0.4, 0.5) is 17.1 Å². The highest BCUT2D eigenvalue weighted by molar-refractivity contribution is 6.18. The fourth-order valence-electron chi connectivity index (χ4n) is 7.06. The predicted octanol–water partition coefficient (Wildman–Crippen LogP) is 12.7. The van der Waals surface area contributed by atoms with Crippen LogP contribution in [0.25, 0.3) is 60.5 Å². The van der Waals surface area contributed by atoms with Gasteiger partial charge in [-0.2, -0.15) is 0 Å². The van der Waals surface area contributed by atoms with E-state index in [1.807, 2.05) is 0 Å². The van der Waals surface area contributed by atoms with Crippen molar-refractivity contribution in [3.8, 4) is 27.9 Å². The molecule has 9 rings (SSSR count). The van der Waals surface area contributed by atoms with Crippen molar-refractivity contribution in [3.05, 3.63) is 194 Å². The standard InChI is InChI=1S/C46H32N2/c1-3-11-33(12-4-1)34-19-26-39(27-20-34)47(38-14-5-2-6-15-38)40-28-21-35(22-29-40)36-23-30-41(31-24-36)48-45-18-10-9-17-43(45)44-32-25-37-13-7-8-16-42(37)46(44)48/h1-32H. The molecule has 0 fully saturated rings. The lowest BCUT2D eigenvalue weighted by atomic mass is 10.0. The fraction of sp³-hybridized carbons (Fsp3) is 0. The highest BCUT2D eigenvalue weighted by Crippen LogP contribution is 2.39. The van der Waals surface area contributed by atoms with Gasteiger partial charge in [0.1, 0.15) is 0 Å². The van der Waals surface area contributed by atoms with Crippen LogP contribution in [0, 0.1) is 0 Å². The monoisotopic (exact) mass is 612 g/mol. The topological polar surface area (TPSA) is 8.17 Å². The van der Waals surface area contributed by atoms with Crippen molar-refractivity contribution in [1.82, 2.24) is 4.57 Å². The van der Waals surface area contributed by atoms with E-state index in [4.69, 9.17) is 0 Å². The van der Waals surface area contributed by atoms with Gasteiger partial charge in [0.2, 0.25) is 0 Å². The van der Waals surface area contributed by atoms with Gasteiger partial charge in [-0.25, -0.2) is 0 Å². The Labute approximate surface area is 280 Å². The zero-order valence-electron chi connectivity index (χ0n) is 26.4. The van der Waals surface area contributed by atoms with Crippen molar-refractivity contribution in [3.63, 3.8) is 0 Å². The average Bonchev–Trinajstić information content (AvgIpc) is 3.51. The quantitative estimate of drug-likeness (QED) is 0.181. The van der Waals surface area contributed by atoms with E-state index in [-0.39, 0.29) is 0 Å². The van der Waals surface area contributed by atoms with Crippen LogP contribution in [0.3, 0.4) is 0 Å². The molecule has 226 valence electrons. The first-order valence-corrected chi connectivity index (χ1v) is 16.4. The number of fused-ring (bicyclic) bond motifs is 5. The zero-order valence-corrected chi connectivity index (χ0v) is 26.4. The number of anilines is 3. The molecule has 1 heterocycles. The minimum Gasteiger partial charge on any atom is -0.311 e. The van der Waals surface area contributed by atoms with E-state index < -0.39 is 0 Å². The lowest BCUT2D eigenvalue weighted by Crippen LogP contribution is -2.09. The van der Waals surface area contributed by atoms with Crippen molar-refractivity contribution in [2.24, 2.45) is 0 Å². The maximum Gasteiger partial charge on any atom is 0.0619 e. The molecule has 0 amide bonds. The Bertz CT molecular complexity index is 2510. The van der Waals surface area contributed by atoms with Gasteiger partial charge in [-0.15, -0.1) is 0 Å². The largest absolute Gasteiger partial charge is 0.311 e. The second kappa shape index (κ2) is 11.8. The Morgan fingerprint density at radius 2 is 0.792 bits per heavy atom. The number of hydrogen-bond acceptors (Lipinski definition) is 1. The lowest BCUT2D eigenvalue weighted by Gasteiger charge is -2.26. The third kappa shape index (κ3) is 4.83. The molecule has 1 aromatic heterocycles. The van der Waals surface area contributed by atoms with Crippen LogP contribution in [0.2, 0.25) is 0 Å². The number of aromatic nitrogens is 1. The number of nitrogens with zero attached hydrogens (tertiary/aromatic N) is 2. The van der Waals surface area contributed by atoms with Crippen LogP contribution in [0.5, 0.6) is 0 Å². The molecule has 0 N–H and O–H groups in total. The van der Waals surface area contributed by atoms with Gasteiger partial charge in [-0.05, 0) is 82.2 Å². The molecule has 0 bridgehead atoms. The summed E-state index contributed by atoms with van der Waals surface area (Å²) in [5, 5.41) is 5.07. The van der Waals surface area contributed by atoms with Crippen LogP contribution in [-0.4, -0.2) is 4.57 Å². The summed E-state index contributed by atoms with van der Waals surface area (Å²) >= 11 is 0. The normalized spacial score (nSPS) is 11.3. The molecule has 0 unspecified atom stereocenters. The highest BCUT2D eigenvalue weighted by atomic mass is 15.1. The lowest BCUT2D eigenvalue weighted by molar-refractivity contribution is 1.19. The van der Waals surface area contributed by atoms with Crippen LogP contribution in [0.1, 0.15) is 0 Å².